The van der Waals surface area contributed by atoms with Gasteiger partial charge in [0.2, 0.25) is 0 Å². The molecule has 0 saturated carbocycles. The Morgan fingerprint density at radius 2 is 2.44 bits per heavy atom. The van der Waals surface area contributed by atoms with Gasteiger partial charge in [-0.3, -0.25) is 4.79 Å². The van der Waals surface area contributed by atoms with Crippen LogP contribution in [0.4, 0.5) is 0 Å². The minimum atomic E-state index is -2.03. The average Bonchev–Trinajstić information content (AvgIpc) is 1.60. The Morgan fingerprint density at radius 3 is 2.78 bits per heavy atom. The van der Waals surface area contributed by atoms with Crippen molar-refractivity contribution >= 4 is 24.7 Å². The van der Waals surface area contributed by atoms with Crippen LogP contribution in [0.2, 0.25) is 12.6 Å². The van der Waals surface area contributed by atoms with Gasteiger partial charge in [0.1, 0.15) is 0 Å². The molecule has 2 nitrogen and oxygen atoms in total. The van der Waals surface area contributed by atoms with Gasteiger partial charge < -0.3 is 4.43 Å². The molecule has 0 aliphatic carbocycles. The summed E-state index contributed by atoms with van der Waals surface area (Å²) in [4.78, 5) is 10.6. The molecule has 0 spiro atoms. The lowest BCUT2D eigenvalue weighted by Gasteiger charge is -2.23. The number of hydrogen-bond acceptors (Lipinski definition) is 2. The molecular formula is C5H9ClO2Si. The van der Waals surface area contributed by atoms with Gasteiger partial charge in [-0.15, -0.1) is 11.1 Å². The molecule has 1 rings (SSSR count). The van der Waals surface area contributed by atoms with Crippen molar-refractivity contribution in [1.82, 2.24) is 0 Å². The molecule has 1 aliphatic heterocycles. The van der Waals surface area contributed by atoms with E-state index in [9.17, 15) is 4.79 Å². The molecule has 1 aliphatic rings. The summed E-state index contributed by atoms with van der Waals surface area (Å²) in [5.41, 5.74) is 0. The number of carbonyl (C=O) groups excluding carboxylic acids is 1. The van der Waals surface area contributed by atoms with Gasteiger partial charge in [-0.05, 0) is 19.0 Å². The van der Waals surface area contributed by atoms with Crippen LogP contribution >= 0.6 is 11.1 Å². The summed E-state index contributed by atoms with van der Waals surface area (Å²) in [6, 6.07) is 0.903. The Hall–Kier alpha value is -0.0231. The average molecular weight is 165 g/mol. The molecule has 0 bridgehead atoms. The molecular weight excluding hydrogens is 156 g/mol. The Morgan fingerprint density at radius 1 is 1.78 bits per heavy atom. The number of halogens is 1. The Kier molecular flexibility index (Phi) is 1.82. The van der Waals surface area contributed by atoms with Crippen LogP contribution in [0.1, 0.15) is 12.8 Å². The molecule has 0 aromatic carbocycles. The zero-order valence-electron chi connectivity index (χ0n) is 5.32. The second kappa shape index (κ2) is 2.31. The second-order valence-electron chi connectivity index (χ2n) is 2.43. The van der Waals surface area contributed by atoms with E-state index in [1.165, 1.54) is 0 Å². The Balaban J connectivity index is 2.51. The highest BCUT2D eigenvalue weighted by Crippen LogP contribution is 2.25. The van der Waals surface area contributed by atoms with Crippen LogP contribution in [-0.4, -0.2) is 13.6 Å². The van der Waals surface area contributed by atoms with Gasteiger partial charge in [0.15, 0.2) is 0 Å². The van der Waals surface area contributed by atoms with E-state index >= 15 is 0 Å². The second-order valence-corrected chi connectivity index (χ2v) is 7.74. The molecule has 4 heteroatoms. The predicted octanol–water partition coefficient (Wildman–Crippen LogP) is 1.63. The third-order valence-electron chi connectivity index (χ3n) is 1.33. The molecule has 1 fully saturated rings. The van der Waals surface area contributed by atoms with E-state index in [-0.39, 0.29) is 5.97 Å². The summed E-state index contributed by atoms with van der Waals surface area (Å²) in [7, 11) is -2.03. The van der Waals surface area contributed by atoms with Crippen LogP contribution in [0.25, 0.3) is 0 Å². The zero-order chi connectivity index (χ0) is 6.91. The highest BCUT2D eigenvalue weighted by Gasteiger charge is 2.33. The van der Waals surface area contributed by atoms with Gasteiger partial charge >= 0.3 is 7.63 Å². The molecule has 1 atom stereocenters. The summed E-state index contributed by atoms with van der Waals surface area (Å²) in [6.07, 6.45) is 1.46. The van der Waals surface area contributed by atoms with Crippen molar-refractivity contribution in [2.24, 2.45) is 0 Å². The monoisotopic (exact) mass is 164 g/mol. The first-order valence-electron chi connectivity index (χ1n) is 3.01. The normalized spacial score (nSPS) is 36.0. The minimum Gasteiger partial charge on any atom is -0.504 e. The van der Waals surface area contributed by atoms with Crippen LogP contribution in [0.15, 0.2) is 0 Å². The largest absolute Gasteiger partial charge is 0.504 e. The van der Waals surface area contributed by atoms with Crippen LogP contribution in [-0.2, 0) is 9.22 Å². The summed E-state index contributed by atoms with van der Waals surface area (Å²) in [5, 5.41) is 0. The van der Waals surface area contributed by atoms with Gasteiger partial charge in [-0.2, -0.15) is 0 Å². The lowest BCUT2D eigenvalue weighted by Crippen LogP contribution is -2.34. The fourth-order valence-electron chi connectivity index (χ4n) is 0.888. The molecule has 1 saturated heterocycles. The third kappa shape index (κ3) is 1.99. The summed E-state index contributed by atoms with van der Waals surface area (Å²) >= 11 is 5.86. The SMILES string of the molecule is C[Si]1(Cl)CCCC(=O)O1. The minimum absolute atomic E-state index is 0.120. The zero-order valence-corrected chi connectivity index (χ0v) is 7.07. The van der Waals surface area contributed by atoms with Crippen LogP contribution < -0.4 is 0 Å². The summed E-state index contributed by atoms with van der Waals surface area (Å²) in [5.74, 6) is -0.120. The van der Waals surface area contributed by atoms with Crippen molar-refractivity contribution in [2.45, 2.75) is 25.4 Å². The van der Waals surface area contributed by atoms with E-state index < -0.39 is 7.63 Å². The van der Waals surface area contributed by atoms with E-state index in [0.717, 1.165) is 12.5 Å². The summed E-state index contributed by atoms with van der Waals surface area (Å²) in [6.45, 7) is 1.85. The standard InChI is InChI=1S/C5H9ClO2Si/c1-9(6)4-2-3-5(7)8-9/h2-4H2,1H3. The van der Waals surface area contributed by atoms with E-state index in [2.05, 4.69) is 0 Å². The van der Waals surface area contributed by atoms with E-state index in [0.29, 0.717) is 6.42 Å². The topological polar surface area (TPSA) is 26.3 Å². The molecule has 0 radical (unpaired) electrons. The highest BCUT2D eigenvalue weighted by atomic mass is 35.6. The fourth-order valence-corrected chi connectivity index (χ4v) is 3.03. The highest BCUT2D eigenvalue weighted by molar-refractivity contribution is 7.16. The van der Waals surface area contributed by atoms with E-state index in [1.54, 1.807) is 0 Å². The van der Waals surface area contributed by atoms with Gasteiger partial charge in [-0.1, -0.05) is 0 Å². The lowest BCUT2D eigenvalue weighted by molar-refractivity contribution is -0.135. The van der Waals surface area contributed by atoms with Crippen molar-refractivity contribution in [3.8, 4) is 0 Å². The maximum atomic E-state index is 10.6. The maximum absolute atomic E-state index is 10.6. The predicted molar refractivity (Wildman–Crippen MR) is 37.6 cm³/mol. The molecule has 9 heavy (non-hydrogen) atoms. The van der Waals surface area contributed by atoms with Gasteiger partial charge in [-0.25, -0.2) is 0 Å². The molecule has 52 valence electrons. The number of hydrogen-bond donors (Lipinski definition) is 0. The summed E-state index contributed by atoms with van der Waals surface area (Å²) < 4.78 is 4.94. The fraction of sp³-hybridized carbons (Fsp3) is 0.800. The first-order chi connectivity index (χ1) is 4.10. The van der Waals surface area contributed by atoms with Crippen LogP contribution in [0.3, 0.4) is 0 Å². The van der Waals surface area contributed by atoms with Crippen molar-refractivity contribution in [1.29, 1.82) is 0 Å². The first-order valence-corrected chi connectivity index (χ1v) is 6.64. The van der Waals surface area contributed by atoms with E-state index in [4.69, 9.17) is 15.5 Å². The van der Waals surface area contributed by atoms with Gasteiger partial charge in [0.05, 0.1) is 0 Å². The van der Waals surface area contributed by atoms with Gasteiger partial charge in [0, 0.05) is 6.42 Å². The molecule has 0 N–H and O–H groups in total. The lowest BCUT2D eigenvalue weighted by atomic mass is 10.3. The van der Waals surface area contributed by atoms with Crippen molar-refractivity contribution in [3.63, 3.8) is 0 Å². The quantitative estimate of drug-likeness (QED) is 0.402. The molecule has 1 unspecified atom stereocenters. The van der Waals surface area contributed by atoms with E-state index in [1.807, 2.05) is 6.55 Å². The third-order valence-corrected chi connectivity index (χ3v) is 4.03. The van der Waals surface area contributed by atoms with Crippen molar-refractivity contribution in [2.75, 3.05) is 0 Å². The Labute approximate surface area is 60.0 Å². The van der Waals surface area contributed by atoms with Crippen LogP contribution in [0.5, 0.6) is 0 Å². The van der Waals surface area contributed by atoms with Crippen LogP contribution in [0, 0.1) is 0 Å². The van der Waals surface area contributed by atoms with Crippen molar-refractivity contribution in [3.05, 3.63) is 0 Å². The first kappa shape index (κ1) is 7.09. The molecule has 0 amide bonds. The smallest absolute Gasteiger partial charge is 0.348 e. The number of carbonyl (C=O) groups is 1. The number of rotatable bonds is 0. The Bertz CT molecular complexity index is 135. The molecule has 0 aromatic heterocycles. The van der Waals surface area contributed by atoms with Crippen molar-refractivity contribution < 1.29 is 9.22 Å². The van der Waals surface area contributed by atoms with Gasteiger partial charge in [0.25, 0.3) is 5.97 Å². The molecule has 0 aromatic rings. The maximum Gasteiger partial charge on any atom is 0.348 e. The molecule has 1 heterocycles.